The number of halogens is 1. The van der Waals surface area contributed by atoms with Crippen molar-refractivity contribution in [1.82, 2.24) is 4.98 Å². The fraction of sp³-hybridized carbons (Fsp3) is 0. The number of para-hydroxylation sites is 1. The van der Waals surface area contributed by atoms with Crippen LogP contribution in [0.15, 0.2) is 65.9 Å². The molecule has 98 valence electrons. The molecular formula is C16H12FN3. The van der Waals surface area contributed by atoms with Gasteiger partial charge in [-0.15, -0.1) is 0 Å². The van der Waals surface area contributed by atoms with Gasteiger partial charge in [0.05, 0.1) is 17.4 Å². The zero-order valence-corrected chi connectivity index (χ0v) is 10.6. The minimum atomic E-state index is -0.254. The van der Waals surface area contributed by atoms with Crippen molar-refractivity contribution in [2.45, 2.75) is 0 Å². The number of aromatic nitrogens is 1. The molecule has 0 unspecified atom stereocenters. The van der Waals surface area contributed by atoms with Gasteiger partial charge in [-0.3, -0.25) is 10.4 Å². The van der Waals surface area contributed by atoms with Crippen molar-refractivity contribution >= 4 is 22.8 Å². The topological polar surface area (TPSA) is 37.3 Å². The highest BCUT2D eigenvalue weighted by Crippen LogP contribution is 2.20. The molecule has 0 atom stereocenters. The fourth-order valence-electron chi connectivity index (χ4n) is 1.92. The highest BCUT2D eigenvalue weighted by Gasteiger charge is 1.98. The second kappa shape index (κ2) is 5.48. The molecule has 3 rings (SSSR count). The molecule has 1 aromatic heterocycles. The van der Waals surface area contributed by atoms with Crippen LogP contribution in [0.25, 0.3) is 10.9 Å². The molecule has 3 nitrogen and oxygen atoms in total. The largest absolute Gasteiger partial charge is 0.278 e. The fourth-order valence-corrected chi connectivity index (χ4v) is 1.92. The van der Waals surface area contributed by atoms with Crippen molar-refractivity contribution < 1.29 is 4.39 Å². The number of hydrogen-bond acceptors (Lipinski definition) is 3. The first kappa shape index (κ1) is 12.3. The first-order valence-electron chi connectivity index (χ1n) is 6.21. The van der Waals surface area contributed by atoms with Crippen LogP contribution < -0.4 is 5.43 Å². The molecule has 0 aliphatic rings. The third-order valence-electron chi connectivity index (χ3n) is 2.92. The highest BCUT2D eigenvalue weighted by molar-refractivity contribution is 5.91. The van der Waals surface area contributed by atoms with Crippen molar-refractivity contribution in [3.05, 3.63) is 72.2 Å². The number of anilines is 1. The Balaban J connectivity index is 1.81. The number of pyridine rings is 1. The van der Waals surface area contributed by atoms with Crippen LogP contribution in [-0.2, 0) is 0 Å². The summed E-state index contributed by atoms with van der Waals surface area (Å²) >= 11 is 0. The van der Waals surface area contributed by atoms with E-state index < -0.39 is 0 Å². The van der Waals surface area contributed by atoms with E-state index in [-0.39, 0.29) is 5.82 Å². The lowest BCUT2D eigenvalue weighted by molar-refractivity contribution is 0.628. The Bertz CT molecular complexity index is 746. The van der Waals surface area contributed by atoms with Gasteiger partial charge in [0.15, 0.2) is 0 Å². The van der Waals surface area contributed by atoms with Crippen LogP contribution in [0.4, 0.5) is 10.1 Å². The minimum Gasteiger partial charge on any atom is -0.278 e. The predicted molar refractivity (Wildman–Crippen MR) is 79.4 cm³/mol. The van der Waals surface area contributed by atoms with Gasteiger partial charge < -0.3 is 0 Å². The van der Waals surface area contributed by atoms with Gasteiger partial charge in [0, 0.05) is 11.6 Å². The van der Waals surface area contributed by atoms with Crippen LogP contribution in [0.5, 0.6) is 0 Å². The molecule has 0 saturated carbocycles. The number of hydrogen-bond donors (Lipinski definition) is 1. The molecule has 0 bridgehead atoms. The second-order valence-corrected chi connectivity index (χ2v) is 4.30. The summed E-state index contributed by atoms with van der Waals surface area (Å²) in [5.74, 6) is -0.254. The molecular weight excluding hydrogens is 253 g/mol. The molecule has 0 aliphatic carbocycles. The Hall–Kier alpha value is -2.75. The quantitative estimate of drug-likeness (QED) is 0.577. The smallest absolute Gasteiger partial charge is 0.123 e. The summed E-state index contributed by atoms with van der Waals surface area (Å²) in [6, 6.07) is 15.9. The van der Waals surface area contributed by atoms with Crippen LogP contribution >= 0.6 is 0 Å². The molecule has 1 heterocycles. The van der Waals surface area contributed by atoms with E-state index in [9.17, 15) is 4.39 Å². The maximum absolute atomic E-state index is 12.8. The first-order valence-corrected chi connectivity index (χ1v) is 6.21. The highest BCUT2D eigenvalue weighted by atomic mass is 19.1. The lowest BCUT2D eigenvalue weighted by atomic mass is 10.2. The zero-order valence-electron chi connectivity index (χ0n) is 10.6. The average Bonchev–Trinajstić information content (AvgIpc) is 2.49. The van der Waals surface area contributed by atoms with E-state index in [1.54, 1.807) is 24.5 Å². The average molecular weight is 265 g/mol. The molecule has 2 aromatic carbocycles. The summed E-state index contributed by atoms with van der Waals surface area (Å²) in [4.78, 5) is 4.28. The van der Waals surface area contributed by atoms with E-state index in [0.29, 0.717) is 0 Å². The van der Waals surface area contributed by atoms with Crippen molar-refractivity contribution in [2.24, 2.45) is 5.10 Å². The number of rotatable bonds is 3. The van der Waals surface area contributed by atoms with Gasteiger partial charge in [0.1, 0.15) is 5.82 Å². The Morgan fingerprint density at radius 1 is 1.00 bits per heavy atom. The predicted octanol–water partition coefficient (Wildman–Crippen LogP) is 3.82. The first-order chi connectivity index (χ1) is 9.83. The standard InChI is InChI=1S/C16H12FN3/c17-13-7-5-12(6-8-13)11-19-20-16-9-10-18-15-4-2-1-3-14(15)16/h1-11H,(H,18,20)/b19-11+. The van der Waals surface area contributed by atoms with Crippen LogP contribution in [0.2, 0.25) is 0 Å². The molecule has 4 heteroatoms. The lowest BCUT2D eigenvalue weighted by Crippen LogP contribution is -1.92. The lowest BCUT2D eigenvalue weighted by Gasteiger charge is -2.04. The number of fused-ring (bicyclic) bond motifs is 1. The van der Waals surface area contributed by atoms with Crippen molar-refractivity contribution in [3.8, 4) is 0 Å². The second-order valence-electron chi connectivity index (χ2n) is 4.30. The van der Waals surface area contributed by atoms with E-state index in [2.05, 4.69) is 15.5 Å². The van der Waals surface area contributed by atoms with Gasteiger partial charge in [-0.2, -0.15) is 5.10 Å². The molecule has 0 radical (unpaired) electrons. The molecule has 0 aliphatic heterocycles. The Morgan fingerprint density at radius 3 is 2.65 bits per heavy atom. The summed E-state index contributed by atoms with van der Waals surface area (Å²) < 4.78 is 12.8. The number of benzene rings is 2. The van der Waals surface area contributed by atoms with Gasteiger partial charge >= 0.3 is 0 Å². The summed E-state index contributed by atoms with van der Waals surface area (Å²) in [6.45, 7) is 0. The van der Waals surface area contributed by atoms with Gasteiger partial charge in [0.25, 0.3) is 0 Å². The summed E-state index contributed by atoms with van der Waals surface area (Å²) in [5.41, 5.74) is 5.61. The van der Waals surface area contributed by atoms with E-state index >= 15 is 0 Å². The van der Waals surface area contributed by atoms with E-state index in [1.165, 1.54) is 12.1 Å². The van der Waals surface area contributed by atoms with Crippen LogP contribution in [0.1, 0.15) is 5.56 Å². The number of nitrogens with one attached hydrogen (secondary N) is 1. The molecule has 0 saturated heterocycles. The Morgan fingerprint density at radius 2 is 1.80 bits per heavy atom. The molecule has 0 amide bonds. The monoisotopic (exact) mass is 265 g/mol. The third kappa shape index (κ3) is 2.64. The number of hydrazone groups is 1. The van der Waals surface area contributed by atoms with Gasteiger partial charge in [-0.1, -0.05) is 30.3 Å². The van der Waals surface area contributed by atoms with Crippen LogP contribution in [0.3, 0.4) is 0 Å². The Kier molecular flexibility index (Phi) is 3.37. The third-order valence-corrected chi connectivity index (χ3v) is 2.92. The summed E-state index contributed by atoms with van der Waals surface area (Å²) in [5, 5.41) is 5.17. The molecule has 0 fully saturated rings. The SMILES string of the molecule is Fc1ccc(/C=N/Nc2ccnc3ccccc23)cc1. The maximum atomic E-state index is 12.8. The van der Waals surface area contributed by atoms with Crippen molar-refractivity contribution in [2.75, 3.05) is 5.43 Å². The number of nitrogens with zero attached hydrogens (tertiary/aromatic N) is 2. The molecule has 3 aromatic rings. The molecule has 20 heavy (non-hydrogen) atoms. The van der Waals surface area contributed by atoms with E-state index in [1.807, 2.05) is 30.3 Å². The van der Waals surface area contributed by atoms with Gasteiger partial charge in [-0.05, 0) is 29.8 Å². The van der Waals surface area contributed by atoms with Gasteiger partial charge in [0.2, 0.25) is 0 Å². The van der Waals surface area contributed by atoms with E-state index in [4.69, 9.17) is 0 Å². The van der Waals surface area contributed by atoms with Crippen LogP contribution in [0, 0.1) is 5.82 Å². The minimum absolute atomic E-state index is 0.254. The van der Waals surface area contributed by atoms with Crippen molar-refractivity contribution in [3.63, 3.8) is 0 Å². The van der Waals surface area contributed by atoms with E-state index in [0.717, 1.165) is 22.2 Å². The maximum Gasteiger partial charge on any atom is 0.123 e. The Labute approximate surface area is 115 Å². The zero-order chi connectivity index (χ0) is 13.8. The molecule has 1 N–H and O–H groups in total. The van der Waals surface area contributed by atoms with Gasteiger partial charge in [-0.25, -0.2) is 4.39 Å². The van der Waals surface area contributed by atoms with Crippen LogP contribution in [-0.4, -0.2) is 11.2 Å². The summed E-state index contributed by atoms with van der Waals surface area (Å²) in [6.07, 6.45) is 3.38. The molecule has 0 spiro atoms. The normalized spacial score (nSPS) is 11.1. The van der Waals surface area contributed by atoms with Crippen molar-refractivity contribution in [1.29, 1.82) is 0 Å². The summed E-state index contributed by atoms with van der Waals surface area (Å²) in [7, 11) is 0.